The molecule has 0 aromatic rings. The second-order valence-electron chi connectivity index (χ2n) is 1.75. The summed E-state index contributed by atoms with van der Waals surface area (Å²) in [6.45, 7) is 1.01. The van der Waals surface area contributed by atoms with E-state index in [4.69, 9.17) is 9.79 Å². The standard InChI is InChI=1S/CH5N2O8P3/c1-12(6)10-14(9,3-5)11-13(7,8)2-4/h6H,1H3,(H,7,8). The smallest absolute Gasteiger partial charge is 0.350 e. The Labute approximate surface area is 78.7 Å². The minimum absolute atomic E-state index is 1.01. The van der Waals surface area contributed by atoms with Crippen molar-refractivity contribution in [1.29, 1.82) is 0 Å². The molecule has 0 aliphatic carbocycles. The summed E-state index contributed by atoms with van der Waals surface area (Å²) in [5.41, 5.74) is 0. The molecule has 0 aliphatic heterocycles. The predicted octanol–water partition coefficient (Wildman–Crippen LogP) is 1.69. The van der Waals surface area contributed by atoms with Crippen LogP contribution in [0.4, 0.5) is 0 Å². The lowest BCUT2D eigenvalue weighted by Gasteiger charge is -2.11. The van der Waals surface area contributed by atoms with E-state index < -0.39 is 23.9 Å². The Hall–Kier alpha value is -0.0700. The zero-order valence-corrected chi connectivity index (χ0v) is 9.26. The van der Waals surface area contributed by atoms with Gasteiger partial charge in [0.15, 0.2) is 8.38 Å². The molecule has 2 N–H and O–H groups in total. The number of rotatable bonds is 6. The predicted molar refractivity (Wildman–Crippen MR) is 46.3 cm³/mol. The third-order valence-electron chi connectivity index (χ3n) is 0.634. The maximum atomic E-state index is 11.0. The fourth-order valence-electron chi connectivity index (χ4n) is 0.343. The first-order valence-electron chi connectivity index (χ1n) is 2.71. The van der Waals surface area contributed by atoms with Crippen molar-refractivity contribution in [2.75, 3.05) is 6.66 Å². The molecular formula is CH5N2O8P3. The Bertz CT molecular complexity index is 312. The average molecular weight is 266 g/mol. The van der Waals surface area contributed by atoms with E-state index in [9.17, 15) is 18.9 Å². The summed E-state index contributed by atoms with van der Waals surface area (Å²) in [5, 5.41) is 0. The maximum Gasteiger partial charge on any atom is 0.503 e. The number of hydrogen-bond acceptors (Lipinski definition) is 7. The molecule has 0 heterocycles. The van der Waals surface area contributed by atoms with Gasteiger partial charge >= 0.3 is 15.5 Å². The molecule has 82 valence electrons. The molecule has 0 aliphatic rings. The zero-order chi connectivity index (χ0) is 11.4. The summed E-state index contributed by atoms with van der Waals surface area (Å²) < 4.78 is 29.0. The summed E-state index contributed by atoms with van der Waals surface area (Å²) in [6, 6.07) is 0. The first-order chi connectivity index (χ1) is 6.24. The van der Waals surface area contributed by atoms with E-state index >= 15 is 0 Å². The molecule has 0 aromatic heterocycles. The van der Waals surface area contributed by atoms with Crippen LogP contribution in [0.15, 0.2) is 9.89 Å². The lowest BCUT2D eigenvalue weighted by atomic mass is 12.0. The Morgan fingerprint density at radius 1 is 1.29 bits per heavy atom. The number of hydrogen-bond donors (Lipinski definition) is 2. The molecule has 0 saturated carbocycles. The molecule has 0 bridgehead atoms. The SMILES string of the molecule is CP(O)OP(=O)(N=O)OP(=O)(O)N=O. The second kappa shape index (κ2) is 5.14. The van der Waals surface area contributed by atoms with Crippen LogP contribution in [0, 0.1) is 9.81 Å². The van der Waals surface area contributed by atoms with Gasteiger partial charge in [0.1, 0.15) is 0 Å². The molecule has 3 atom stereocenters. The van der Waals surface area contributed by atoms with Gasteiger partial charge in [-0.25, -0.2) is 13.4 Å². The van der Waals surface area contributed by atoms with Crippen molar-refractivity contribution < 1.29 is 27.5 Å². The van der Waals surface area contributed by atoms with E-state index in [0.717, 1.165) is 6.66 Å². The summed E-state index contributed by atoms with van der Waals surface area (Å²) in [7, 11) is -12.2. The number of nitroso groups, excluding NO2 is 2. The fourth-order valence-corrected chi connectivity index (χ4v) is 3.36. The van der Waals surface area contributed by atoms with Crippen LogP contribution in [0.1, 0.15) is 0 Å². The van der Waals surface area contributed by atoms with Gasteiger partial charge in [-0.15, -0.1) is 9.81 Å². The van der Waals surface area contributed by atoms with Crippen LogP contribution in [0.25, 0.3) is 0 Å². The highest BCUT2D eigenvalue weighted by atomic mass is 31.3. The highest BCUT2D eigenvalue weighted by Gasteiger charge is 2.39. The topological polar surface area (TPSA) is 152 Å². The van der Waals surface area contributed by atoms with Crippen LogP contribution in [-0.4, -0.2) is 16.5 Å². The fraction of sp³-hybridized carbons (Fsp3) is 1.00. The third-order valence-corrected chi connectivity index (χ3v) is 4.49. The first-order valence-corrected chi connectivity index (χ1v) is 7.39. The largest absolute Gasteiger partial charge is 0.503 e. The van der Waals surface area contributed by atoms with Crippen LogP contribution in [0.3, 0.4) is 0 Å². The van der Waals surface area contributed by atoms with Crippen LogP contribution in [0.2, 0.25) is 0 Å². The molecule has 10 nitrogen and oxygen atoms in total. The molecule has 0 saturated heterocycles. The average Bonchev–Trinajstić information content (AvgIpc) is 2.02. The van der Waals surface area contributed by atoms with Crippen LogP contribution in [-0.2, 0) is 17.8 Å². The van der Waals surface area contributed by atoms with Gasteiger partial charge in [-0.2, -0.15) is 4.31 Å². The van der Waals surface area contributed by atoms with Gasteiger partial charge < -0.3 is 9.79 Å². The molecule has 0 spiro atoms. The van der Waals surface area contributed by atoms with Gasteiger partial charge in [-0.1, -0.05) is 0 Å². The van der Waals surface area contributed by atoms with E-state index in [1.54, 1.807) is 9.89 Å². The van der Waals surface area contributed by atoms with Gasteiger partial charge in [-0.05, 0) is 0 Å². The van der Waals surface area contributed by atoms with Crippen molar-refractivity contribution >= 4 is 23.9 Å². The second-order valence-corrected chi connectivity index (χ2v) is 6.23. The quantitative estimate of drug-likeness (QED) is 0.543. The minimum Gasteiger partial charge on any atom is -0.350 e. The van der Waals surface area contributed by atoms with E-state index in [1.807, 2.05) is 0 Å². The lowest BCUT2D eigenvalue weighted by molar-refractivity contribution is 0.337. The normalized spacial score (nSPS) is 21.6. The van der Waals surface area contributed by atoms with Crippen molar-refractivity contribution in [1.82, 2.24) is 0 Å². The van der Waals surface area contributed by atoms with E-state index in [0.29, 0.717) is 0 Å². The van der Waals surface area contributed by atoms with E-state index in [1.165, 1.54) is 0 Å². The Morgan fingerprint density at radius 2 is 1.79 bits per heavy atom. The summed E-state index contributed by atoms with van der Waals surface area (Å²) in [5.74, 6) is 0. The molecule has 0 fully saturated rings. The van der Waals surface area contributed by atoms with E-state index in [2.05, 4.69) is 8.62 Å². The third kappa shape index (κ3) is 4.97. The molecule has 0 amide bonds. The first kappa shape index (κ1) is 13.9. The molecular weight excluding hydrogens is 261 g/mol. The molecule has 0 rings (SSSR count). The molecule has 0 radical (unpaired) electrons. The minimum atomic E-state index is -5.08. The van der Waals surface area contributed by atoms with Crippen LogP contribution in [0.5, 0.6) is 0 Å². The van der Waals surface area contributed by atoms with Crippen molar-refractivity contribution in [2.24, 2.45) is 9.89 Å². The lowest BCUT2D eigenvalue weighted by Crippen LogP contribution is -1.87. The van der Waals surface area contributed by atoms with Crippen LogP contribution >= 0.6 is 23.9 Å². The molecule has 13 heteroatoms. The van der Waals surface area contributed by atoms with Crippen LogP contribution < -0.4 is 0 Å². The Balaban J connectivity index is 4.73. The van der Waals surface area contributed by atoms with Gasteiger partial charge in [0.05, 0.1) is 0 Å². The van der Waals surface area contributed by atoms with Gasteiger partial charge in [0, 0.05) is 16.6 Å². The Kier molecular flexibility index (Phi) is 5.11. The van der Waals surface area contributed by atoms with Crippen molar-refractivity contribution in [3.8, 4) is 0 Å². The molecule has 14 heavy (non-hydrogen) atoms. The summed E-state index contributed by atoms with van der Waals surface area (Å²) in [6.07, 6.45) is 0. The highest BCUT2D eigenvalue weighted by Crippen LogP contribution is 2.67. The van der Waals surface area contributed by atoms with E-state index in [-0.39, 0.29) is 0 Å². The molecule has 3 unspecified atom stereocenters. The van der Waals surface area contributed by atoms with Crippen molar-refractivity contribution in [3.63, 3.8) is 0 Å². The number of nitrogens with zero attached hydrogens (tertiary/aromatic N) is 2. The van der Waals surface area contributed by atoms with Crippen molar-refractivity contribution in [3.05, 3.63) is 9.81 Å². The summed E-state index contributed by atoms with van der Waals surface area (Å²) >= 11 is 0. The van der Waals surface area contributed by atoms with Crippen molar-refractivity contribution in [2.45, 2.75) is 0 Å². The summed E-state index contributed by atoms with van der Waals surface area (Å²) in [4.78, 5) is 39.9. The maximum absolute atomic E-state index is 11.0. The van der Waals surface area contributed by atoms with Gasteiger partial charge in [0.25, 0.3) is 0 Å². The monoisotopic (exact) mass is 266 g/mol. The highest BCUT2D eigenvalue weighted by molar-refractivity contribution is 7.69. The Morgan fingerprint density at radius 3 is 2.07 bits per heavy atom. The van der Waals surface area contributed by atoms with Gasteiger partial charge in [-0.3, -0.25) is 0 Å². The molecule has 0 aromatic carbocycles. The van der Waals surface area contributed by atoms with Gasteiger partial charge in [0.2, 0.25) is 0 Å². The zero-order valence-electron chi connectivity index (χ0n) is 6.58.